The lowest BCUT2D eigenvalue weighted by molar-refractivity contribution is 0.282. The molecular formula is C62H75BN2OSi. The van der Waals surface area contributed by atoms with E-state index in [1.54, 1.807) is 0 Å². The van der Waals surface area contributed by atoms with Gasteiger partial charge in [-0.1, -0.05) is 169 Å². The van der Waals surface area contributed by atoms with E-state index < -0.39 is 8.07 Å². The van der Waals surface area contributed by atoms with Gasteiger partial charge in [-0.15, -0.1) is 0 Å². The second-order valence-corrected chi connectivity index (χ2v) is 31.3. The average molecular weight is 903 g/mol. The number of benzene rings is 6. The molecule has 3 nitrogen and oxygen atoms in total. The van der Waals surface area contributed by atoms with E-state index in [1.165, 1.54) is 101 Å². The summed E-state index contributed by atoms with van der Waals surface area (Å²) in [5.41, 5.74) is 21.1. The molecule has 2 atom stereocenters. The van der Waals surface area contributed by atoms with Crippen LogP contribution in [-0.2, 0) is 27.1 Å². The molecule has 0 saturated heterocycles. The molecule has 0 N–H and O–H groups in total. The highest BCUT2D eigenvalue weighted by Gasteiger charge is 2.56. The monoisotopic (exact) mass is 903 g/mol. The summed E-state index contributed by atoms with van der Waals surface area (Å²) in [4.78, 5) is 5.36. The largest absolute Gasteiger partial charge is 0.495 e. The van der Waals surface area contributed by atoms with E-state index in [9.17, 15) is 0 Å². The first kappa shape index (κ1) is 45.8. The number of fused-ring (bicyclic) bond motifs is 7. The maximum atomic E-state index is 7.51. The number of aryl methyl sites for hydroxylation is 1. The standard InChI is InChI=1S/C62H75BN2OSi/c1-38-32-52-55-53(33-38)65(51-37-48-47(61(11,12)30-31-62(48,13)14)36-45(51)39-18-26-44(27-19-39)67(15,16)17)50-28-22-42(60(8,9)10)35-49(50)63(55)57-56(46-34-41(59(5,6)7)23-29-54(46)66-57)64(52)43-24-20-40(21-25-43)58(2,3)4/h18-29,32-37,56-57H,30-31H2,1-17H3. The lowest BCUT2D eigenvalue weighted by atomic mass is 9.32. The fourth-order valence-corrected chi connectivity index (χ4v) is 13.0. The maximum absolute atomic E-state index is 7.51. The Morgan fingerprint density at radius 1 is 0.582 bits per heavy atom. The van der Waals surface area contributed by atoms with Crippen LogP contribution in [0.2, 0.25) is 19.6 Å². The summed E-state index contributed by atoms with van der Waals surface area (Å²) in [5, 5.41) is 1.49. The molecule has 10 rings (SSSR count). The van der Waals surface area contributed by atoms with E-state index in [-0.39, 0.29) is 45.8 Å². The summed E-state index contributed by atoms with van der Waals surface area (Å²) in [7, 11) is -1.52. The zero-order valence-electron chi connectivity index (χ0n) is 43.8. The van der Waals surface area contributed by atoms with E-state index >= 15 is 0 Å². The smallest absolute Gasteiger partial charge is 0.267 e. The molecule has 0 radical (unpaired) electrons. The molecule has 3 aliphatic heterocycles. The fourth-order valence-electron chi connectivity index (χ4n) is 11.8. The molecule has 2 unspecified atom stereocenters. The first-order valence-corrected chi connectivity index (χ1v) is 28.7. The topological polar surface area (TPSA) is 15.7 Å². The molecule has 0 spiro atoms. The maximum Gasteiger partial charge on any atom is 0.267 e. The minimum Gasteiger partial charge on any atom is -0.495 e. The lowest BCUT2D eigenvalue weighted by Crippen LogP contribution is -2.65. The van der Waals surface area contributed by atoms with Crippen molar-refractivity contribution in [3.05, 3.63) is 148 Å². The molecule has 6 aromatic rings. The molecule has 6 aromatic carbocycles. The Morgan fingerprint density at radius 3 is 1.73 bits per heavy atom. The van der Waals surface area contributed by atoms with Gasteiger partial charge in [0, 0.05) is 33.9 Å². The first-order chi connectivity index (χ1) is 31.1. The van der Waals surface area contributed by atoms with Crippen molar-refractivity contribution in [3.63, 3.8) is 0 Å². The summed E-state index contributed by atoms with van der Waals surface area (Å²) < 4.78 is 7.51. The van der Waals surface area contributed by atoms with Crippen LogP contribution in [0, 0.1) is 6.92 Å². The third kappa shape index (κ3) is 7.52. The van der Waals surface area contributed by atoms with Gasteiger partial charge in [-0.2, -0.15) is 0 Å². The van der Waals surface area contributed by atoms with E-state index in [0.29, 0.717) is 0 Å². The van der Waals surface area contributed by atoms with Crippen molar-refractivity contribution in [2.45, 2.75) is 169 Å². The van der Waals surface area contributed by atoms with Gasteiger partial charge in [0.25, 0.3) is 6.71 Å². The van der Waals surface area contributed by atoms with Gasteiger partial charge in [-0.25, -0.2) is 0 Å². The van der Waals surface area contributed by atoms with E-state index in [0.717, 1.165) is 12.2 Å². The lowest BCUT2D eigenvalue weighted by Gasteiger charge is -2.49. The van der Waals surface area contributed by atoms with Gasteiger partial charge >= 0.3 is 0 Å². The van der Waals surface area contributed by atoms with Gasteiger partial charge in [0.1, 0.15) is 11.8 Å². The number of hydrogen-bond acceptors (Lipinski definition) is 3. The summed E-state index contributed by atoms with van der Waals surface area (Å²) in [6.07, 6.45) is 2.33. The van der Waals surface area contributed by atoms with E-state index in [2.05, 4.69) is 236 Å². The van der Waals surface area contributed by atoms with Crippen LogP contribution in [0.5, 0.6) is 5.75 Å². The van der Waals surface area contributed by atoms with Crippen LogP contribution in [0.25, 0.3) is 11.1 Å². The second kappa shape index (κ2) is 15.0. The summed E-state index contributed by atoms with van der Waals surface area (Å²) in [6, 6.07) is 43.6. The molecule has 3 heterocycles. The van der Waals surface area contributed by atoms with Crippen LogP contribution in [0.15, 0.2) is 109 Å². The molecular weight excluding hydrogens is 828 g/mol. The number of anilines is 5. The van der Waals surface area contributed by atoms with Gasteiger partial charge in [-0.3, -0.25) is 0 Å². The Bertz CT molecular complexity index is 2950. The zero-order chi connectivity index (χ0) is 48.1. The Hall–Kier alpha value is -5.00. The number of rotatable bonds is 4. The number of ether oxygens (including phenoxy) is 1. The third-order valence-corrected chi connectivity index (χ3v) is 18.3. The van der Waals surface area contributed by atoms with Crippen LogP contribution >= 0.6 is 0 Å². The van der Waals surface area contributed by atoms with E-state index in [4.69, 9.17) is 4.74 Å². The molecule has 0 saturated carbocycles. The summed E-state index contributed by atoms with van der Waals surface area (Å²) in [5.74, 6) is 1.00. The SMILES string of the molecule is Cc1cc2c3c(c1)N(c1ccc(C(C)(C)C)cc1)C1c4cc(C(C)(C)C)ccc4OC1B3c1cc(C(C)(C)C)ccc1N2c1cc2c(cc1-c1ccc([Si](C)(C)C)cc1)C(C)(C)CCC2(C)C. The van der Waals surface area contributed by atoms with Crippen molar-refractivity contribution in [1.82, 2.24) is 0 Å². The molecule has 1 aliphatic carbocycles. The van der Waals surface area contributed by atoms with Gasteiger partial charge in [0.2, 0.25) is 0 Å². The van der Waals surface area contributed by atoms with Crippen molar-refractivity contribution >= 4 is 59.3 Å². The molecule has 0 fully saturated rings. The molecule has 4 aliphatic rings. The Labute approximate surface area is 405 Å². The first-order valence-electron chi connectivity index (χ1n) is 25.2. The van der Waals surface area contributed by atoms with Crippen LogP contribution in [0.4, 0.5) is 28.4 Å². The Morgan fingerprint density at radius 2 is 1.13 bits per heavy atom. The van der Waals surface area contributed by atoms with Gasteiger partial charge < -0.3 is 14.5 Å². The van der Waals surface area contributed by atoms with Crippen LogP contribution in [0.3, 0.4) is 0 Å². The van der Waals surface area contributed by atoms with Crippen molar-refractivity contribution in [3.8, 4) is 16.9 Å². The van der Waals surface area contributed by atoms with Crippen LogP contribution < -0.4 is 30.6 Å². The fraction of sp³-hybridized carbons (Fsp3) is 0.419. The molecule has 5 heteroatoms. The van der Waals surface area contributed by atoms with Gasteiger partial charge in [0.05, 0.1) is 19.8 Å². The number of nitrogens with zero attached hydrogens (tertiary/aromatic N) is 2. The Balaban J connectivity index is 1.31. The van der Waals surface area contributed by atoms with Crippen molar-refractivity contribution < 1.29 is 4.74 Å². The van der Waals surface area contributed by atoms with Gasteiger partial charge in [-0.05, 0) is 151 Å². The zero-order valence-corrected chi connectivity index (χ0v) is 44.8. The summed E-state index contributed by atoms with van der Waals surface area (Å²) in [6.45, 7) is 40.5. The molecule has 346 valence electrons. The highest BCUT2D eigenvalue weighted by Crippen LogP contribution is 2.56. The van der Waals surface area contributed by atoms with Crippen molar-refractivity contribution in [2.75, 3.05) is 9.80 Å². The number of hydrogen-bond donors (Lipinski definition) is 0. The molecule has 0 aromatic heterocycles. The second-order valence-electron chi connectivity index (χ2n) is 26.3. The van der Waals surface area contributed by atoms with E-state index in [1.807, 2.05) is 0 Å². The highest BCUT2D eigenvalue weighted by atomic mass is 28.3. The van der Waals surface area contributed by atoms with Crippen LogP contribution in [0.1, 0.15) is 148 Å². The minimum atomic E-state index is -1.52. The predicted octanol–water partition coefficient (Wildman–Crippen LogP) is 15.0. The minimum absolute atomic E-state index is 0.00640. The van der Waals surface area contributed by atoms with Crippen LogP contribution in [-0.4, -0.2) is 20.8 Å². The predicted molar refractivity (Wildman–Crippen MR) is 293 cm³/mol. The quantitative estimate of drug-likeness (QED) is 0.164. The average Bonchev–Trinajstić information content (AvgIpc) is 3.62. The summed E-state index contributed by atoms with van der Waals surface area (Å²) >= 11 is 0. The van der Waals surface area contributed by atoms with Crippen molar-refractivity contribution in [2.24, 2.45) is 0 Å². The molecule has 0 amide bonds. The third-order valence-electron chi connectivity index (χ3n) is 16.2. The Kier molecular flexibility index (Phi) is 10.2. The van der Waals surface area contributed by atoms with Crippen molar-refractivity contribution in [1.29, 1.82) is 0 Å². The van der Waals surface area contributed by atoms with Gasteiger partial charge in [0.15, 0.2) is 0 Å². The molecule has 67 heavy (non-hydrogen) atoms. The molecule has 0 bridgehead atoms. The normalized spacial score (nSPS) is 19.3. The highest BCUT2D eigenvalue weighted by molar-refractivity contribution is 6.91.